The lowest BCUT2D eigenvalue weighted by atomic mass is 10.1. The van der Waals surface area contributed by atoms with Gasteiger partial charge in [-0.1, -0.05) is 58.7 Å². The minimum Gasteiger partial charge on any atom is -0.487 e. The number of hydrogen-bond acceptors (Lipinski definition) is 2. The van der Waals surface area contributed by atoms with Gasteiger partial charge in [-0.2, -0.15) is 0 Å². The van der Waals surface area contributed by atoms with E-state index in [9.17, 15) is 0 Å². The molecule has 0 bridgehead atoms. The molecule has 0 spiro atoms. The van der Waals surface area contributed by atoms with E-state index in [2.05, 4.69) is 52.4 Å². The third-order valence-electron chi connectivity index (χ3n) is 2.89. The van der Waals surface area contributed by atoms with Crippen LogP contribution in [-0.4, -0.2) is 6.54 Å². The van der Waals surface area contributed by atoms with Gasteiger partial charge in [-0.3, -0.25) is 0 Å². The smallest absolute Gasteiger partial charge is 0.139 e. The molecule has 0 amide bonds. The first kappa shape index (κ1) is 15.4. The zero-order chi connectivity index (χ0) is 14.4. The normalized spacial score (nSPS) is 10.6. The first-order chi connectivity index (χ1) is 9.69. The zero-order valence-electron chi connectivity index (χ0n) is 11.3. The SMILES string of the molecule is CCNCc1ccc(COc2cc(Br)ccc2Cl)cc1. The number of nitrogens with one attached hydrogen (secondary N) is 1. The highest BCUT2D eigenvalue weighted by atomic mass is 79.9. The van der Waals surface area contributed by atoms with Crippen molar-refractivity contribution in [3.8, 4) is 5.75 Å². The molecule has 2 aromatic carbocycles. The maximum Gasteiger partial charge on any atom is 0.139 e. The summed E-state index contributed by atoms with van der Waals surface area (Å²) in [4.78, 5) is 0. The van der Waals surface area contributed by atoms with Gasteiger partial charge >= 0.3 is 0 Å². The Morgan fingerprint density at radius 3 is 2.50 bits per heavy atom. The van der Waals surface area contributed by atoms with Crippen molar-refractivity contribution in [3.05, 3.63) is 63.1 Å². The quantitative estimate of drug-likeness (QED) is 0.805. The van der Waals surface area contributed by atoms with Gasteiger partial charge in [-0.25, -0.2) is 0 Å². The summed E-state index contributed by atoms with van der Waals surface area (Å²) < 4.78 is 6.70. The fourth-order valence-corrected chi connectivity index (χ4v) is 2.28. The molecular formula is C16H17BrClNO. The summed E-state index contributed by atoms with van der Waals surface area (Å²) in [5, 5.41) is 3.92. The monoisotopic (exact) mass is 353 g/mol. The first-order valence-electron chi connectivity index (χ1n) is 6.55. The van der Waals surface area contributed by atoms with E-state index >= 15 is 0 Å². The summed E-state index contributed by atoms with van der Waals surface area (Å²) in [6, 6.07) is 14.0. The number of benzene rings is 2. The largest absolute Gasteiger partial charge is 0.487 e. The molecule has 0 aromatic heterocycles. The zero-order valence-corrected chi connectivity index (χ0v) is 13.7. The Morgan fingerprint density at radius 2 is 1.80 bits per heavy atom. The maximum atomic E-state index is 6.09. The van der Waals surface area contributed by atoms with E-state index in [4.69, 9.17) is 16.3 Å². The van der Waals surface area contributed by atoms with Crippen LogP contribution < -0.4 is 10.1 Å². The molecule has 2 nitrogen and oxygen atoms in total. The van der Waals surface area contributed by atoms with Crippen LogP contribution in [0.2, 0.25) is 5.02 Å². The predicted octanol–water partition coefficient (Wildman–Crippen LogP) is 4.79. The van der Waals surface area contributed by atoms with Gasteiger partial charge in [0.05, 0.1) is 5.02 Å². The van der Waals surface area contributed by atoms with Crippen molar-refractivity contribution < 1.29 is 4.74 Å². The number of halogens is 2. The molecule has 1 N–H and O–H groups in total. The Balaban J connectivity index is 1.95. The van der Waals surface area contributed by atoms with Crippen molar-refractivity contribution >= 4 is 27.5 Å². The first-order valence-corrected chi connectivity index (χ1v) is 7.72. The van der Waals surface area contributed by atoms with Crippen LogP contribution >= 0.6 is 27.5 Å². The molecule has 0 radical (unpaired) electrons. The summed E-state index contributed by atoms with van der Waals surface area (Å²) in [6.07, 6.45) is 0. The molecule has 0 unspecified atom stereocenters. The minimum atomic E-state index is 0.512. The molecule has 0 saturated carbocycles. The molecule has 0 fully saturated rings. The standard InChI is InChI=1S/C16H17BrClNO/c1-2-19-10-12-3-5-13(6-4-12)11-20-16-9-14(17)7-8-15(16)18/h3-9,19H,2,10-11H2,1H3. The fraction of sp³-hybridized carbons (Fsp3) is 0.250. The van der Waals surface area contributed by atoms with Crippen LogP contribution in [-0.2, 0) is 13.2 Å². The third-order valence-corrected chi connectivity index (χ3v) is 3.70. The molecule has 0 atom stereocenters. The van der Waals surface area contributed by atoms with Gasteiger partial charge in [0.25, 0.3) is 0 Å². The Hall–Kier alpha value is -1.03. The maximum absolute atomic E-state index is 6.09. The number of rotatable bonds is 6. The summed E-state index contributed by atoms with van der Waals surface area (Å²) in [7, 11) is 0. The Kier molecular flexibility index (Phi) is 5.89. The van der Waals surface area contributed by atoms with Crippen LogP contribution in [0.4, 0.5) is 0 Å². The van der Waals surface area contributed by atoms with E-state index in [0.29, 0.717) is 17.4 Å². The van der Waals surface area contributed by atoms with E-state index in [-0.39, 0.29) is 0 Å². The summed E-state index contributed by atoms with van der Waals surface area (Å²) in [5.41, 5.74) is 2.40. The molecule has 20 heavy (non-hydrogen) atoms. The Labute approximate surface area is 133 Å². The summed E-state index contributed by atoms with van der Waals surface area (Å²) in [6.45, 7) is 4.49. The summed E-state index contributed by atoms with van der Waals surface area (Å²) in [5.74, 6) is 0.692. The molecule has 0 aliphatic carbocycles. The lowest BCUT2D eigenvalue weighted by Crippen LogP contribution is -2.11. The van der Waals surface area contributed by atoms with Crippen molar-refractivity contribution in [2.45, 2.75) is 20.1 Å². The van der Waals surface area contributed by atoms with Gasteiger partial charge in [0, 0.05) is 11.0 Å². The van der Waals surface area contributed by atoms with Gasteiger partial charge in [0.15, 0.2) is 0 Å². The molecule has 4 heteroatoms. The fourth-order valence-electron chi connectivity index (χ4n) is 1.77. The minimum absolute atomic E-state index is 0.512. The molecule has 2 aromatic rings. The van der Waals surface area contributed by atoms with Crippen molar-refractivity contribution in [1.82, 2.24) is 5.32 Å². The van der Waals surface area contributed by atoms with Crippen LogP contribution in [0.15, 0.2) is 46.9 Å². The lowest BCUT2D eigenvalue weighted by molar-refractivity contribution is 0.306. The number of hydrogen-bond donors (Lipinski definition) is 1. The molecule has 106 valence electrons. The van der Waals surface area contributed by atoms with Crippen LogP contribution in [0.25, 0.3) is 0 Å². The van der Waals surface area contributed by atoms with E-state index in [1.165, 1.54) is 5.56 Å². The second kappa shape index (κ2) is 7.67. The molecular weight excluding hydrogens is 338 g/mol. The highest BCUT2D eigenvalue weighted by molar-refractivity contribution is 9.10. The number of ether oxygens (including phenoxy) is 1. The second-order valence-electron chi connectivity index (χ2n) is 4.46. The highest BCUT2D eigenvalue weighted by Gasteiger charge is 2.03. The third kappa shape index (κ3) is 4.51. The van der Waals surface area contributed by atoms with Gasteiger partial charge < -0.3 is 10.1 Å². The average molecular weight is 355 g/mol. The molecule has 0 saturated heterocycles. The van der Waals surface area contributed by atoms with E-state index in [1.807, 2.05) is 18.2 Å². The van der Waals surface area contributed by atoms with E-state index in [1.54, 1.807) is 0 Å². The van der Waals surface area contributed by atoms with Crippen LogP contribution in [0.3, 0.4) is 0 Å². The average Bonchev–Trinajstić information content (AvgIpc) is 2.47. The summed E-state index contributed by atoms with van der Waals surface area (Å²) >= 11 is 9.50. The lowest BCUT2D eigenvalue weighted by Gasteiger charge is -2.09. The molecule has 0 aliphatic heterocycles. The molecule has 0 heterocycles. The van der Waals surface area contributed by atoms with Crippen LogP contribution in [0.1, 0.15) is 18.1 Å². The highest BCUT2D eigenvalue weighted by Crippen LogP contribution is 2.28. The Morgan fingerprint density at radius 1 is 1.10 bits per heavy atom. The van der Waals surface area contributed by atoms with Gasteiger partial charge in [-0.05, 0) is 35.9 Å². The van der Waals surface area contributed by atoms with Crippen LogP contribution in [0, 0.1) is 0 Å². The topological polar surface area (TPSA) is 21.3 Å². The van der Waals surface area contributed by atoms with Crippen molar-refractivity contribution in [1.29, 1.82) is 0 Å². The molecule has 0 aliphatic rings. The van der Waals surface area contributed by atoms with Gasteiger partial charge in [-0.15, -0.1) is 0 Å². The predicted molar refractivity (Wildman–Crippen MR) is 87.3 cm³/mol. The molecule has 2 rings (SSSR count). The van der Waals surface area contributed by atoms with Gasteiger partial charge in [0.1, 0.15) is 12.4 Å². The Bertz CT molecular complexity index is 557. The second-order valence-corrected chi connectivity index (χ2v) is 5.78. The van der Waals surface area contributed by atoms with Crippen molar-refractivity contribution in [2.75, 3.05) is 6.54 Å². The van der Waals surface area contributed by atoms with E-state index in [0.717, 1.165) is 23.1 Å². The van der Waals surface area contributed by atoms with E-state index < -0.39 is 0 Å². The van der Waals surface area contributed by atoms with Crippen molar-refractivity contribution in [3.63, 3.8) is 0 Å². The van der Waals surface area contributed by atoms with Crippen molar-refractivity contribution in [2.24, 2.45) is 0 Å². The van der Waals surface area contributed by atoms with Crippen LogP contribution in [0.5, 0.6) is 5.75 Å². The van der Waals surface area contributed by atoms with Gasteiger partial charge in [0.2, 0.25) is 0 Å².